The number of hydrogen-bond donors (Lipinski definition) is 1. The molecule has 0 fully saturated rings. The Kier molecular flexibility index (Phi) is 5.74. The average molecular weight is 326 g/mol. The van der Waals surface area contributed by atoms with E-state index in [2.05, 4.69) is 0 Å². The van der Waals surface area contributed by atoms with Gasteiger partial charge in [-0.05, 0) is 42.2 Å². The number of rotatable bonds is 6. The molecule has 0 bridgehead atoms. The number of carboxylic acid groups (broad SMARTS) is 1. The fourth-order valence-electron chi connectivity index (χ4n) is 2.28. The fraction of sp³-hybridized carbons (Fsp3) is 0.300. The number of aromatic carboxylic acids is 1. The van der Waals surface area contributed by atoms with E-state index in [0.717, 1.165) is 23.1 Å². The second-order valence-corrected chi connectivity index (χ2v) is 5.89. The van der Waals surface area contributed by atoms with E-state index in [4.69, 9.17) is 9.84 Å². The zero-order valence-corrected chi connectivity index (χ0v) is 14.2. The SMILES string of the molecule is CC[C@H](C)C(=O)OC(C)c1ccc(-c2ccc(C(=O)O)cc2)cc1. The lowest BCUT2D eigenvalue weighted by Gasteiger charge is -2.16. The first-order chi connectivity index (χ1) is 11.4. The molecule has 0 amide bonds. The van der Waals surface area contributed by atoms with Crippen molar-refractivity contribution in [1.29, 1.82) is 0 Å². The summed E-state index contributed by atoms with van der Waals surface area (Å²) in [5, 5.41) is 8.93. The van der Waals surface area contributed by atoms with Crippen LogP contribution in [0.1, 0.15) is 49.2 Å². The van der Waals surface area contributed by atoms with Crippen molar-refractivity contribution in [2.45, 2.75) is 33.3 Å². The fourth-order valence-corrected chi connectivity index (χ4v) is 2.28. The van der Waals surface area contributed by atoms with Gasteiger partial charge in [0.2, 0.25) is 0 Å². The van der Waals surface area contributed by atoms with Crippen LogP contribution in [0.5, 0.6) is 0 Å². The van der Waals surface area contributed by atoms with E-state index in [1.165, 1.54) is 0 Å². The second-order valence-electron chi connectivity index (χ2n) is 5.89. The maximum absolute atomic E-state index is 11.9. The molecule has 2 aromatic rings. The number of carboxylic acids is 1. The molecule has 2 aromatic carbocycles. The van der Waals surface area contributed by atoms with Crippen molar-refractivity contribution in [2.24, 2.45) is 5.92 Å². The molecule has 0 radical (unpaired) electrons. The van der Waals surface area contributed by atoms with E-state index < -0.39 is 5.97 Å². The molecule has 0 aromatic heterocycles. The number of benzene rings is 2. The molecule has 24 heavy (non-hydrogen) atoms. The minimum atomic E-state index is -0.936. The summed E-state index contributed by atoms with van der Waals surface area (Å²) in [7, 11) is 0. The Morgan fingerprint density at radius 1 is 0.958 bits per heavy atom. The van der Waals surface area contributed by atoms with Gasteiger partial charge in [0.25, 0.3) is 0 Å². The maximum atomic E-state index is 11.9. The van der Waals surface area contributed by atoms with Crippen LogP contribution in [0.15, 0.2) is 48.5 Å². The van der Waals surface area contributed by atoms with Crippen molar-refractivity contribution in [3.8, 4) is 11.1 Å². The molecule has 126 valence electrons. The Bertz CT molecular complexity index is 701. The smallest absolute Gasteiger partial charge is 0.335 e. The molecule has 0 aliphatic rings. The lowest BCUT2D eigenvalue weighted by atomic mass is 10.0. The lowest BCUT2D eigenvalue weighted by molar-refractivity contribution is -0.153. The van der Waals surface area contributed by atoms with E-state index in [1.807, 2.05) is 45.0 Å². The van der Waals surface area contributed by atoms with Crippen LogP contribution in [0.2, 0.25) is 0 Å². The molecule has 1 unspecified atom stereocenters. The van der Waals surface area contributed by atoms with Crippen LogP contribution in [0.4, 0.5) is 0 Å². The van der Waals surface area contributed by atoms with Crippen LogP contribution in [0.25, 0.3) is 11.1 Å². The number of carbonyl (C=O) groups excluding carboxylic acids is 1. The zero-order valence-electron chi connectivity index (χ0n) is 14.2. The first-order valence-corrected chi connectivity index (χ1v) is 8.06. The predicted octanol–water partition coefficient (Wildman–Crippen LogP) is 4.70. The van der Waals surface area contributed by atoms with Crippen LogP contribution in [0.3, 0.4) is 0 Å². The van der Waals surface area contributed by atoms with Crippen molar-refractivity contribution >= 4 is 11.9 Å². The second kappa shape index (κ2) is 7.77. The van der Waals surface area contributed by atoms with Gasteiger partial charge in [-0.2, -0.15) is 0 Å². The van der Waals surface area contributed by atoms with Crippen LogP contribution in [-0.2, 0) is 9.53 Å². The Labute approximate surface area is 142 Å². The summed E-state index contributed by atoms with van der Waals surface area (Å²) in [5.41, 5.74) is 3.12. The third kappa shape index (κ3) is 4.22. The summed E-state index contributed by atoms with van der Waals surface area (Å²) < 4.78 is 5.47. The van der Waals surface area contributed by atoms with E-state index >= 15 is 0 Å². The van der Waals surface area contributed by atoms with Crippen LogP contribution >= 0.6 is 0 Å². The summed E-state index contributed by atoms with van der Waals surface area (Å²) in [4.78, 5) is 22.7. The van der Waals surface area contributed by atoms with Crippen molar-refractivity contribution in [3.05, 3.63) is 59.7 Å². The molecule has 4 nitrogen and oxygen atoms in total. The van der Waals surface area contributed by atoms with E-state index in [9.17, 15) is 9.59 Å². The molecule has 4 heteroatoms. The molecule has 1 N–H and O–H groups in total. The summed E-state index contributed by atoms with van der Waals surface area (Å²) in [5.74, 6) is -1.22. The largest absolute Gasteiger partial charge is 0.478 e. The van der Waals surface area contributed by atoms with Crippen LogP contribution in [0, 0.1) is 5.92 Å². The number of ether oxygens (including phenoxy) is 1. The van der Waals surface area contributed by atoms with Crippen LogP contribution in [-0.4, -0.2) is 17.0 Å². The first-order valence-electron chi connectivity index (χ1n) is 8.06. The van der Waals surface area contributed by atoms with Gasteiger partial charge in [-0.15, -0.1) is 0 Å². The van der Waals surface area contributed by atoms with E-state index in [1.54, 1.807) is 24.3 Å². The van der Waals surface area contributed by atoms with Crippen LogP contribution < -0.4 is 0 Å². The third-order valence-electron chi connectivity index (χ3n) is 4.15. The summed E-state index contributed by atoms with van der Waals surface area (Å²) >= 11 is 0. The number of carbonyl (C=O) groups is 2. The topological polar surface area (TPSA) is 63.6 Å². The van der Waals surface area contributed by atoms with Gasteiger partial charge in [0.15, 0.2) is 0 Å². The standard InChI is InChI=1S/C20H22O4/c1-4-13(2)20(23)24-14(3)15-5-7-16(8-6-15)17-9-11-18(12-10-17)19(21)22/h5-14H,4H2,1-3H3,(H,21,22)/t13-,14?/m0/s1. The molecule has 0 saturated heterocycles. The van der Waals surface area contributed by atoms with Gasteiger partial charge in [0.1, 0.15) is 6.10 Å². The summed E-state index contributed by atoms with van der Waals surface area (Å²) in [6, 6.07) is 14.5. The predicted molar refractivity (Wildman–Crippen MR) is 92.8 cm³/mol. The maximum Gasteiger partial charge on any atom is 0.335 e. The summed E-state index contributed by atoms with van der Waals surface area (Å²) in [6.07, 6.45) is 0.464. The van der Waals surface area contributed by atoms with Gasteiger partial charge in [0.05, 0.1) is 11.5 Å². The Morgan fingerprint density at radius 2 is 1.46 bits per heavy atom. The van der Waals surface area contributed by atoms with E-state index in [-0.39, 0.29) is 23.6 Å². The van der Waals surface area contributed by atoms with Gasteiger partial charge >= 0.3 is 11.9 Å². The molecule has 0 aliphatic heterocycles. The normalized spacial score (nSPS) is 13.1. The van der Waals surface area contributed by atoms with Crippen molar-refractivity contribution in [1.82, 2.24) is 0 Å². The molecule has 0 spiro atoms. The highest BCUT2D eigenvalue weighted by atomic mass is 16.5. The lowest BCUT2D eigenvalue weighted by Crippen LogP contribution is -2.16. The third-order valence-corrected chi connectivity index (χ3v) is 4.15. The molecule has 0 saturated carbocycles. The number of esters is 1. The zero-order chi connectivity index (χ0) is 17.7. The van der Waals surface area contributed by atoms with Gasteiger partial charge in [-0.25, -0.2) is 4.79 Å². The Balaban J connectivity index is 2.09. The first kappa shape index (κ1) is 17.7. The minimum Gasteiger partial charge on any atom is -0.478 e. The highest BCUT2D eigenvalue weighted by molar-refractivity contribution is 5.88. The highest BCUT2D eigenvalue weighted by Crippen LogP contribution is 2.24. The van der Waals surface area contributed by atoms with Crippen molar-refractivity contribution in [3.63, 3.8) is 0 Å². The molecular formula is C20H22O4. The van der Waals surface area contributed by atoms with E-state index in [0.29, 0.717) is 0 Å². The number of hydrogen-bond acceptors (Lipinski definition) is 3. The van der Waals surface area contributed by atoms with Gasteiger partial charge in [-0.1, -0.05) is 50.2 Å². The summed E-state index contributed by atoms with van der Waals surface area (Å²) in [6.45, 7) is 5.68. The monoisotopic (exact) mass is 326 g/mol. The molecule has 0 aliphatic carbocycles. The van der Waals surface area contributed by atoms with Crippen molar-refractivity contribution in [2.75, 3.05) is 0 Å². The molecule has 2 atom stereocenters. The Morgan fingerprint density at radius 3 is 1.92 bits per heavy atom. The average Bonchev–Trinajstić information content (AvgIpc) is 2.61. The van der Waals surface area contributed by atoms with Gasteiger partial charge in [-0.3, -0.25) is 4.79 Å². The highest BCUT2D eigenvalue weighted by Gasteiger charge is 2.16. The minimum absolute atomic E-state index is 0.0977. The molecule has 2 rings (SSSR count). The quantitative estimate of drug-likeness (QED) is 0.781. The van der Waals surface area contributed by atoms with Crippen molar-refractivity contribution < 1.29 is 19.4 Å². The van der Waals surface area contributed by atoms with Gasteiger partial charge in [0, 0.05) is 0 Å². The molecular weight excluding hydrogens is 304 g/mol. The van der Waals surface area contributed by atoms with Gasteiger partial charge < -0.3 is 9.84 Å². The Hall–Kier alpha value is -2.62. The molecule has 0 heterocycles.